The summed E-state index contributed by atoms with van der Waals surface area (Å²) in [7, 11) is 0. The standard InChI is InChI=1S/C15H26N4S/c1-9(2)14-18-13(16)10(3)15(19-14)17-11-6-5-7-12(8-11)20-4/h9,11-12H,5-8H2,1-4H3,(H3,16,17,18,19). The van der Waals surface area contributed by atoms with Gasteiger partial charge in [0.1, 0.15) is 17.5 Å². The highest BCUT2D eigenvalue weighted by Gasteiger charge is 2.22. The number of nitrogens with one attached hydrogen (secondary N) is 1. The maximum Gasteiger partial charge on any atom is 0.135 e. The van der Waals surface area contributed by atoms with Gasteiger partial charge in [0.25, 0.3) is 0 Å². The first-order chi connectivity index (χ1) is 9.51. The Morgan fingerprint density at radius 3 is 2.70 bits per heavy atom. The van der Waals surface area contributed by atoms with Crippen LogP contribution in [0.2, 0.25) is 0 Å². The van der Waals surface area contributed by atoms with Crippen LogP contribution in [0.3, 0.4) is 0 Å². The van der Waals surface area contributed by atoms with Crippen LogP contribution < -0.4 is 11.1 Å². The number of nitrogens with zero attached hydrogens (tertiary/aromatic N) is 2. The first-order valence-electron chi connectivity index (χ1n) is 7.44. The summed E-state index contributed by atoms with van der Waals surface area (Å²) >= 11 is 1.98. The molecule has 3 N–H and O–H groups in total. The zero-order valence-corrected chi connectivity index (χ0v) is 13.8. The Labute approximate surface area is 126 Å². The van der Waals surface area contributed by atoms with E-state index in [9.17, 15) is 0 Å². The maximum absolute atomic E-state index is 6.02. The van der Waals surface area contributed by atoms with Crippen molar-refractivity contribution >= 4 is 23.4 Å². The van der Waals surface area contributed by atoms with Gasteiger partial charge >= 0.3 is 0 Å². The second-order valence-electron chi connectivity index (χ2n) is 5.96. The summed E-state index contributed by atoms with van der Waals surface area (Å²) in [5.41, 5.74) is 7.00. The van der Waals surface area contributed by atoms with E-state index in [0.717, 1.165) is 22.5 Å². The molecule has 1 aliphatic carbocycles. The summed E-state index contributed by atoms with van der Waals surface area (Å²) in [6.07, 6.45) is 7.26. The zero-order valence-electron chi connectivity index (χ0n) is 12.9. The predicted molar refractivity (Wildman–Crippen MR) is 88.5 cm³/mol. The third-order valence-corrected chi connectivity index (χ3v) is 5.11. The summed E-state index contributed by atoms with van der Waals surface area (Å²) in [4.78, 5) is 9.05. The Balaban J connectivity index is 2.15. The number of nitrogens with two attached hydrogens (primary N) is 1. The van der Waals surface area contributed by atoms with Gasteiger partial charge in [-0.3, -0.25) is 0 Å². The molecule has 5 heteroatoms. The van der Waals surface area contributed by atoms with Gasteiger partial charge in [-0.05, 0) is 32.4 Å². The summed E-state index contributed by atoms with van der Waals surface area (Å²) in [5.74, 6) is 2.65. The number of anilines is 2. The zero-order chi connectivity index (χ0) is 14.7. The number of hydrogen-bond donors (Lipinski definition) is 2. The van der Waals surface area contributed by atoms with Gasteiger partial charge in [0.05, 0.1) is 0 Å². The molecule has 20 heavy (non-hydrogen) atoms. The Morgan fingerprint density at radius 1 is 1.30 bits per heavy atom. The van der Waals surface area contributed by atoms with Crippen molar-refractivity contribution in [2.45, 2.75) is 63.7 Å². The van der Waals surface area contributed by atoms with Crippen molar-refractivity contribution in [2.75, 3.05) is 17.3 Å². The third kappa shape index (κ3) is 3.57. The van der Waals surface area contributed by atoms with Crippen molar-refractivity contribution < 1.29 is 0 Å². The van der Waals surface area contributed by atoms with E-state index in [1.807, 2.05) is 18.7 Å². The molecule has 0 aliphatic heterocycles. The molecule has 0 radical (unpaired) electrons. The molecule has 0 spiro atoms. The van der Waals surface area contributed by atoms with Crippen LogP contribution in [-0.2, 0) is 0 Å². The van der Waals surface area contributed by atoms with Crippen molar-refractivity contribution in [3.05, 3.63) is 11.4 Å². The van der Waals surface area contributed by atoms with E-state index < -0.39 is 0 Å². The lowest BCUT2D eigenvalue weighted by Gasteiger charge is -2.29. The van der Waals surface area contributed by atoms with Crippen molar-refractivity contribution in [1.82, 2.24) is 9.97 Å². The smallest absolute Gasteiger partial charge is 0.135 e. The van der Waals surface area contributed by atoms with Gasteiger partial charge in [-0.15, -0.1) is 0 Å². The van der Waals surface area contributed by atoms with Crippen molar-refractivity contribution in [3.8, 4) is 0 Å². The highest BCUT2D eigenvalue weighted by atomic mass is 32.2. The molecule has 0 aromatic carbocycles. The van der Waals surface area contributed by atoms with Crippen molar-refractivity contribution in [1.29, 1.82) is 0 Å². The van der Waals surface area contributed by atoms with Gasteiger partial charge in [0.15, 0.2) is 0 Å². The first kappa shape index (κ1) is 15.4. The second-order valence-corrected chi connectivity index (χ2v) is 7.10. The number of thioether (sulfide) groups is 1. The largest absolute Gasteiger partial charge is 0.383 e. The lowest BCUT2D eigenvalue weighted by molar-refractivity contribution is 0.472. The summed E-state index contributed by atoms with van der Waals surface area (Å²) in [5, 5.41) is 4.37. The highest BCUT2D eigenvalue weighted by molar-refractivity contribution is 7.99. The van der Waals surface area contributed by atoms with E-state index in [1.54, 1.807) is 0 Å². The average Bonchev–Trinajstić information content (AvgIpc) is 2.43. The molecule has 2 atom stereocenters. The van der Waals surface area contributed by atoms with E-state index in [-0.39, 0.29) is 0 Å². The fourth-order valence-electron chi connectivity index (χ4n) is 2.63. The molecule has 1 fully saturated rings. The van der Waals surface area contributed by atoms with Crippen LogP contribution >= 0.6 is 11.8 Å². The molecule has 0 saturated heterocycles. The summed E-state index contributed by atoms with van der Waals surface area (Å²) in [6.45, 7) is 6.19. The summed E-state index contributed by atoms with van der Waals surface area (Å²) < 4.78 is 0. The van der Waals surface area contributed by atoms with Gasteiger partial charge in [0.2, 0.25) is 0 Å². The number of rotatable bonds is 4. The van der Waals surface area contributed by atoms with E-state index in [4.69, 9.17) is 5.73 Å². The topological polar surface area (TPSA) is 63.8 Å². The fraction of sp³-hybridized carbons (Fsp3) is 0.733. The minimum absolute atomic E-state index is 0.295. The van der Waals surface area contributed by atoms with E-state index in [2.05, 4.69) is 35.4 Å². The van der Waals surface area contributed by atoms with Crippen LogP contribution in [0.1, 0.15) is 56.8 Å². The van der Waals surface area contributed by atoms with Crippen LogP contribution in [0, 0.1) is 6.92 Å². The van der Waals surface area contributed by atoms with Crippen LogP contribution in [0.15, 0.2) is 0 Å². The monoisotopic (exact) mass is 294 g/mol. The fourth-order valence-corrected chi connectivity index (χ4v) is 3.46. The minimum Gasteiger partial charge on any atom is -0.383 e. The van der Waals surface area contributed by atoms with E-state index in [0.29, 0.717) is 17.8 Å². The minimum atomic E-state index is 0.295. The van der Waals surface area contributed by atoms with Crippen LogP contribution in [-0.4, -0.2) is 27.5 Å². The lowest BCUT2D eigenvalue weighted by atomic mass is 9.95. The molecular weight excluding hydrogens is 268 g/mol. The molecule has 2 unspecified atom stereocenters. The molecule has 1 aromatic heterocycles. The third-order valence-electron chi connectivity index (χ3n) is 4.02. The molecule has 1 saturated carbocycles. The Bertz CT molecular complexity index is 461. The molecule has 0 amide bonds. The molecule has 0 bridgehead atoms. The van der Waals surface area contributed by atoms with Crippen LogP contribution in [0.4, 0.5) is 11.6 Å². The quantitative estimate of drug-likeness (QED) is 0.888. The van der Waals surface area contributed by atoms with Crippen molar-refractivity contribution in [3.63, 3.8) is 0 Å². The van der Waals surface area contributed by atoms with Gasteiger partial charge in [-0.2, -0.15) is 11.8 Å². The Kier molecular flexibility index (Phi) is 5.13. The molecule has 4 nitrogen and oxygen atoms in total. The van der Waals surface area contributed by atoms with E-state index in [1.165, 1.54) is 25.7 Å². The summed E-state index contributed by atoms with van der Waals surface area (Å²) in [6, 6.07) is 0.509. The Hall–Kier alpha value is -0.970. The second kappa shape index (κ2) is 6.66. The van der Waals surface area contributed by atoms with Crippen LogP contribution in [0.5, 0.6) is 0 Å². The number of aromatic nitrogens is 2. The average molecular weight is 294 g/mol. The maximum atomic E-state index is 6.02. The first-order valence-corrected chi connectivity index (χ1v) is 8.73. The molecule has 1 aromatic rings. The molecule has 1 aliphatic rings. The highest BCUT2D eigenvalue weighted by Crippen LogP contribution is 2.30. The Morgan fingerprint density at radius 2 is 2.05 bits per heavy atom. The van der Waals surface area contributed by atoms with Gasteiger partial charge < -0.3 is 11.1 Å². The van der Waals surface area contributed by atoms with Crippen molar-refractivity contribution in [2.24, 2.45) is 0 Å². The molecular formula is C15H26N4S. The molecule has 112 valence electrons. The lowest BCUT2D eigenvalue weighted by Crippen LogP contribution is -2.29. The van der Waals surface area contributed by atoms with Gasteiger partial charge in [-0.1, -0.05) is 20.3 Å². The van der Waals surface area contributed by atoms with Gasteiger partial charge in [-0.25, -0.2) is 9.97 Å². The molecule has 1 heterocycles. The van der Waals surface area contributed by atoms with Crippen LogP contribution in [0.25, 0.3) is 0 Å². The predicted octanol–water partition coefficient (Wildman–Crippen LogP) is 3.58. The number of nitrogen functional groups attached to an aromatic ring is 1. The van der Waals surface area contributed by atoms with E-state index >= 15 is 0 Å². The SMILES string of the molecule is CSC1CCCC(Nc2nc(C(C)C)nc(N)c2C)C1. The number of hydrogen-bond acceptors (Lipinski definition) is 5. The van der Waals surface area contributed by atoms with Gasteiger partial charge in [0, 0.05) is 22.8 Å². The normalized spacial score (nSPS) is 23.1. The molecule has 2 rings (SSSR count).